The maximum absolute atomic E-state index is 5.66. The van der Waals surface area contributed by atoms with Gasteiger partial charge in [0, 0.05) is 26.2 Å². The molecule has 104 valence electrons. The molecule has 0 spiro atoms. The highest BCUT2D eigenvalue weighted by molar-refractivity contribution is 9.10. The Bertz CT molecular complexity index is 388. The van der Waals surface area contributed by atoms with E-state index in [0.29, 0.717) is 0 Å². The molecular formula is C13H24BrN3O. The summed E-state index contributed by atoms with van der Waals surface area (Å²) in [5, 5.41) is 7.92. The van der Waals surface area contributed by atoms with Gasteiger partial charge in [-0.2, -0.15) is 5.10 Å². The van der Waals surface area contributed by atoms with E-state index in [-0.39, 0.29) is 5.60 Å². The van der Waals surface area contributed by atoms with Crippen molar-refractivity contribution in [3.63, 3.8) is 0 Å². The summed E-state index contributed by atoms with van der Waals surface area (Å²) in [5.41, 5.74) is 2.10. The van der Waals surface area contributed by atoms with Gasteiger partial charge in [-0.05, 0) is 50.5 Å². The second kappa shape index (κ2) is 6.68. The van der Waals surface area contributed by atoms with Crippen LogP contribution in [-0.4, -0.2) is 28.5 Å². The zero-order valence-corrected chi connectivity index (χ0v) is 13.6. The van der Waals surface area contributed by atoms with Crippen LogP contribution < -0.4 is 5.32 Å². The highest BCUT2D eigenvalue weighted by Crippen LogP contribution is 2.21. The third-order valence-corrected chi connectivity index (χ3v) is 3.86. The highest BCUT2D eigenvalue weighted by atomic mass is 79.9. The van der Waals surface area contributed by atoms with Crippen molar-refractivity contribution in [3.05, 3.63) is 15.9 Å². The Kier molecular flexibility index (Phi) is 5.82. The first-order valence-electron chi connectivity index (χ1n) is 6.47. The van der Waals surface area contributed by atoms with Crippen LogP contribution in [0.3, 0.4) is 0 Å². The monoisotopic (exact) mass is 317 g/mol. The lowest BCUT2D eigenvalue weighted by atomic mass is 10.1. The lowest BCUT2D eigenvalue weighted by Gasteiger charge is -2.25. The van der Waals surface area contributed by atoms with Crippen LogP contribution in [0.1, 0.15) is 39.1 Å². The highest BCUT2D eigenvalue weighted by Gasteiger charge is 2.18. The van der Waals surface area contributed by atoms with E-state index in [0.717, 1.165) is 36.4 Å². The van der Waals surface area contributed by atoms with Gasteiger partial charge in [0.2, 0.25) is 0 Å². The summed E-state index contributed by atoms with van der Waals surface area (Å²) in [6.07, 6.45) is 0. The number of nitrogens with zero attached hydrogens (tertiary/aromatic N) is 2. The molecule has 5 heteroatoms. The van der Waals surface area contributed by atoms with Crippen LogP contribution in [0.25, 0.3) is 0 Å². The summed E-state index contributed by atoms with van der Waals surface area (Å²) in [5.74, 6) is 0. The lowest BCUT2D eigenvalue weighted by molar-refractivity contribution is -0.00907. The van der Waals surface area contributed by atoms with Gasteiger partial charge < -0.3 is 10.1 Å². The molecule has 0 bridgehead atoms. The van der Waals surface area contributed by atoms with E-state index >= 15 is 0 Å². The molecule has 0 aliphatic carbocycles. The zero-order valence-electron chi connectivity index (χ0n) is 12.0. The van der Waals surface area contributed by atoms with Crippen molar-refractivity contribution in [2.24, 2.45) is 0 Å². The minimum Gasteiger partial charge on any atom is -0.375 e. The molecular weight excluding hydrogens is 294 g/mol. The first-order chi connectivity index (χ1) is 8.41. The zero-order chi connectivity index (χ0) is 13.8. The molecule has 0 saturated heterocycles. The number of halogens is 1. The van der Waals surface area contributed by atoms with Crippen LogP contribution in [-0.2, 0) is 17.8 Å². The summed E-state index contributed by atoms with van der Waals surface area (Å²) in [6.45, 7) is 13.6. The third-order valence-electron chi connectivity index (χ3n) is 2.83. The molecule has 0 aliphatic rings. The van der Waals surface area contributed by atoms with Gasteiger partial charge in [0.1, 0.15) is 0 Å². The van der Waals surface area contributed by atoms with Gasteiger partial charge in [-0.1, -0.05) is 0 Å². The average molecular weight is 318 g/mol. The summed E-state index contributed by atoms with van der Waals surface area (Å²) < 4.78 is 8.79. The second-order valence-electron chi connectivity index (χ2n) is 4.96. The second-order valence-corrected chi connectivity index (χ2v) is 5.75. The van der Waals surface area contributed by atoms with E-state index in [1.165, 1.54) is 5.69 Å². The maximum Gasteiger partial charge on any atom is 0.0750 e. The Balaban J connectivity index is 2.59. The van der Waals surface area contributed by atoms with Crippen molar-refractivity contribution in [1.82, 2.24) is 15.1 Å². The Hall–Kier alpha value is -0.390. The minimum atomic E-state index is -0.132. The fourth-order valence-corrected chi connectivity index (χ4v) is 2.39. The molecule has 0 fully saturated rings. The third kappa shape index (κ3) is 4.07. The Morgan fingerprint density at radius 3 is 2.61 bits per heavy atom. The molecule has 0 unspecified atom stereocenters. The van der Waals surface area contributed by atoms with Gasteiger partial charge in [0.05, 0.1) is 21.5 Å². The van der Waals surface area contributed by atoms with E-state index < -0.39 is 0 Å². The van der Waals surface area contributed by atoms with Crippen LogP contribution in [0.4, 0.5) is 0 Å². The van der Waals surface area contributed by atoms with Crippen molar-refractivity contribution in [1.29, 1.82) is 0 Å². The normalized spacial score (nSPS) is 12.1. The molecule has 1 rings (SSSR count). The molecule has 0 radical (unpaired) electrons. The van der Waals surface area contributed by atoms with E-state index in [4.69, 9.17) is 4.74 Å². The van der Waals surface area contributed by atoms with Crippen LogP contribution in [0, 0.1) is 6.92 Å². The number of nitrogens with one attached hydrogen (secondary N) is 1. The molecule has 0 saturated carbocycles. The Morgan fingerprint density at radius 2 is 2.06 bits per heavy atom. The van der Waals surface area contributed by atoms with Crippen molar-refractivity contribution in [2.45, 2.75) is 53.3 Å². The van der Waals surface area contributed by atoms with Gasteiger partial charge in [-0.15, -0.1) is 0 Å². The molecule has 1 aromatic heterocycles. The first-order valence-corrected chi connectivity index (χ1v) is 7.27. The fraction of sp³-hybridized carbons (Fsp3) is 0.769. The number of aryl methyl sites for hydroxylation is 2. The summed E-state index contributed by atoms with van der Waals surface area (Å²) in [7, 11) is 0. The molecule has 4 nitrogen and oxygen atoms in total. The predicted molar refractivity (Wildman–Crippen MR) is 77.7 cm³/mol. The maximum atomic E-state index is 5.66. The smallest absolute Gasteiger partial charge is 0.0750 e. The van der Waals surface area contributed by atoms with Gasteiger partial charge in [-0.3, -0.25) is 4.68 Å². The van der Waals surface area contributed by atoms with Crippen molar-refractivity contribution < 1.29 is 4.74 Å². The number of ether oxygens (including phenoxy) is 1. The van der Waals surface area contributed by atoms with Gasteiger partial charge in [-0.25, -0.2) is 0 Å². The Morgan fingerprint density at radius 1 is 1.39 bits per heavy atom. The molecule has 1 aromatic rings. The van der Waals surface area contributed by atoms with E-state index in [1.54, 1.807) is 0 Å². The van der Waals surface area contributed by atoms with Gasteiger partial charge in [0.15, 0.2) is 0 Å². The topological polar surface area (TPSA) is 39.1 Å². The van der Waals surface area contributed by atoms with E-state index in [9.17, 15) is 0 Å². The molecule has 0 aromatic carbocycles. The van der Waals surface area contributed by atoms with Crippen LogP contribution in [0.5, 0.6) is 0 Å². The predicted octanol–water partition coefficient (Wildman–Crippen LogP) is 2.88. The first kappa shape index (κ1) is 15.7. The quantitative estimate of drug-likeness (QED) is 0.840. The largest absolute Gasteiger partial charge is 0.375 e. The molecule has 0 amide bonds. The SMILES string of the molecule is CCOC(C)(C)CNCc1c(Br)c(C)nn1CC. The standard InChI is InChI=1S/C13H24BrN3O/c1-6-17-11(12(14)10(3)16-17)8-15-9-13(4,5)18-7-2/h15H,6-9H2,1-5H3. The van der Waals surface area contributed by atoms with E-state index in [1.807, 2.05) is 18.5 Å². The molecule has 0 aliphatic heterocycles. The number of rotatable bonds is 7. The average Bonchev–Trinajstić information content (AvgIpc) is 2.56. The number of hydrogen-bond acceptors (Lipinski definition) is 3. The lowest BCUT2D eigenvalue weighted by Crippen LogP contribution is -2.37. The van der Waals surface area contributed by atoms with Gasteiger partial charge >= 0.3 is 0 Å². The molecule has 0 atom stereocenters. The van der Waals surface area contributed by atoms with Gasteiger partial charge in [0.25, 0.3) is 0 Å². The summed E-state index contributed by atoms with van der Waals surface area (Å²) >= 11 is 3.60. The number of hydrogen-bond donors (Lipinski definition) is 1. The molecule has 1 N–H and O–H groups in total. The fourth-order valence-electron chi connectivity index (χ4n) is 1.96. The summed E-state index contributed by atoms with van der Waals surface area (Å²) in [6, 6.07) is 0. The van der Waals surface area contributed by atoms with Crippen LogP contribution in [0.15, 0.2) is 4.47 Å². The van der Waals surface area contributed by atoms with Crippen LogP contribution >= 0.6 is 15.9 Å². The molecule has 18 heavy (non-hydrogen) atoms. The van der Waals surface area contributed by atoms with E-state index in [2.05, 4.69) is 47.1 Å². The van der Waals surface area contributed by atoms with Crippen LogP contribution in [0.2, 0.25) is 0 Å². The van der Waals surface area contributed by atoms with Crippen molar-refractivity contribution >= 4 is 15.9 Å². The van der Waals surface area contributed by atoms with Crippen molar-refractivity contribution in [3.8, 4) is 0 Å². The number of aromatic nitrogens is 2. The minimum absolute atomic E-state index is 0.132. The Labute approximate surface area is 118 Å². The molecule has 1 heterocycles. The van der Waals surface area contributed by atoms with Crippen molar-refractivity contribution in [2.75, 3.05) is 13.2 Å². The summed E-state index contributed by atoms with van der Waals surface area (Å²) in [4.78, 5) is 0.